The second-order valence-corrected chi connectivity index (χ2v) is 4.49. The Kier molecular flexibility index (Phi) is 5.55. The number of rotatable bonds is 4. The third kappa shape index (κ3) is 4.37. The fourth-order valence-corrected chi connectivity index (χ4v) is 1.94. The van der Waals surface area contributed by atoms with E-state index < -0.39 is 6.10 Å². The number of carbonyl (C=O) groups excluding carboxylic acids is 1. The molecule has 1 rings (SSSR count). The largest absolute Gasteiger partial charge is 0.389 e. The molecule has 2 atom stereocenters. The van der Waals surface area contributed by atoms with Crippen molar-refractivity contribution in [2.45, 2.75) is 25.9 Å². The van der Waals surface area contributed by atoms with E-state index in [0.29, 0.717) is 5.92 Å². The number of likely N-dealkylation sites (tertiary alicyclic amines) is 1. The van der Waals surface area contributed by atoms with Crippen LogP contribution in [0.15, 0.2) is 0 Å². The SMILES string of the molecule is COCC(O)CNC(=O)N1CCCC(C)C1. The van der Waals surface area contributed by atoms with Crippen LogP contribution in [0.2, 0.25) is 0 Å². The molecule has 0 aliphatic carbocycles. The number of amides is 2. The number of ether oxygens (including phenoxy) is 1. The van der Waals surface area contributed by atoms with E-state index in [4.69, 9.17) is 4.74 Å². The average molecular weight is 230 g/mol. The molecule has 1 saturated heterocycles. The van der Waals surface area contributed by atoms with Gasteiger partial charge in [0.25, 0.3) is 0 Å². The Morgan fingerprint density at radius 3 is 3.06 bits per heavy atom. The molecule has 0 aromatic rings. The number of piperidine rings is 1. The third-order valence-electron chi connectivity index (χ3n) is 2.79. The molecule has 0 aromatic carbocycles. The summed E-state index contributed by atoms with van der Waals surface area (Å²) in [5.74, 6) is 0.573. The highest BCUT2D eigenvalue weighted by atomic mass is 16.5. The number of carbonyl (C=O) groups is 1. The summed E-state index contributed by atoms with van der Waals surface area (Å²) in [7, 11) is 1.53. The lowest BCUT2D eigenvalue weighted by Crippen LogP contribution is -2.47. The van der Waals surface area contributed by atoms with Crippen LogP contribution in [0.3, 0.4) is 0 Å². The van der Waals surface area contributed by atoms with Crippen LogP contribution in [0.1, 0.15) is 19.8 Å². The summed E-state index contributed by atoms with van der Waals surface area (Å²) < 4.78 is 4.78. The fourth-order valence-electron chi connectivity index (χ4n) is 1.94. The van der Waals surface area contributed by atoms with Gasteiger partial charge in [0.1, 0.15) is 0 Å². The van der Waals surface area contributed by atoms with Crippen LogP contribution in [0.4, 0.5) is 4.79 Å². The van der Waals surface area contributed by atoms with Crippen LogP contribution in [-0.4, -0.2) is 55.5 Å². The monoisotopic (exact) mass is 230 g/mol. The minimum atomic E-state index is -0.629. The molecule has 5 heteroatoms. The standard InChI is InChI=1S/C11H22N2O3/c1-9-4-3-5-13(7-9)11(15)12-6-10(14)8-16-2/h9-10,14H,3-8H2,1-2H3,(H,12,15). The second-order valence-electron chi connectivity index (χ2n) is 4.49. The number of aliphatic hydroxyl groups excluding tert-OH is 1. The third-order valence-corrected chi connectivity index (χ3v) is 2.79. The maximum atomic E-state index is 11.7. The highest BCUT2D eigenvalue weighted by Gasteiger charge is 2.20. The van der Waals surface area contributed by atoms with Crippen LogP contribution < -0.4 is 5.32 Å². The van der Waals surface area contributed by atoms with Crippen molar-refractivity contribution in [3.63, 3.8) is 0 Å². The number of nitrogens with one attached hydrogen (secondary N) is 1. The van der Waals surface area contributed by atoms with Gasteiger partial charge in [0, 0.05) is 26.7 Å². The molecule has 0 bridgehead atoms. The smallest absolute Gasteiger partial charge is 0.317 e. The van der Waals surface area contributed by atoms with Gasteiger partial charge in [0.15, 0.2) is 0 Å². The topological polar surface area (TPSA) is 61.8 Å². The molecule has 0 spiro atoms. The van der Waals surface area contributed by atoms with Crippen LogP contribution in [0.25, 0.3) is 0 Å². The van der Waals surface area contributed by atoms with Crippen LogP contribution in [0, 0.1) is 5.92 Å². The summed E-state index contributed by atoms with van der Waals surface area (Å²) in [5, 5.41) is 12.1. The van der Waals surface area contributed by atoms with Gasteiger partial charge in [-0.05, 0) is 18.8 Å². The quantitative estimate of drug-likeness (QED) is 0.736. The molecular formula is C11H22N2O3. The zero-order chi connectivity index (χ0) is 12.0. The van der Waals surface area contributed by atoms with Gasteiger partial charge in [-0.2, -0.15) is 0 Å². The first kappa shape index (κ1) is 13.3. The van der Waals surface area contributed by atoms with Gasteiger partial charge in [0.2, 0.25) is 0 Å². The average Bonchev–Trinajstić information content (AvgIpc) is 2.26. The number of hydrogen-bond donors (Lipinski definition) is 2. The van der Waals surface area contributed by atoms with E-state index in [1.54, 1.807) is 0 Å². The first-order chi connectivity index (χ1) is 7.63. The lowest BCUT2D eigenvalue weighted by atomic mass is 10.0. The Labute approximate surface area is 96.8 Å². The van der Waals surface area contributed by atoms with Gasteiger partial charge in [-0.15, -0.1) is 0 Å². The number of methoxy groups -OCH3 is 1. The lowest BCUT2D eigenvalue weighted by molar-refractivity contribution is 0.0643. The molecule has 1 aliphatic heterocycles. The van der Waals surface area contributed by atoms with Gasteiger partial charge in [-0.1, -0.05) is 6.92 Å². The molecule has 0 aromatic heterocycles. The van der Waals surface area contributed by atoms with Crippen LogP contribution in [0.5, 0.6) is 0 Å². The summed E-state index contributed by atoms with van der Waals surface area (Å²) in [5.41, 5.74) is 0. The Bertz CT molecular complexity index is 223. The Balaban J connectivity index is 2.23. The van der Waals surface area contributed by atoms with Crippen molar-refractivity contribution in [1.82, 2.24) is 10.2 Å². The first-order valence-electron chi connectivity index (χ1n) is 5.83. The molecule has 94 valence electrons. The van der Waals surface area contributed by atoms with Crippen molar-refractivity contribution in [2.24, 2.45) is 5.92 Å². The maximum absolute atomic E-state index is 11.7. The molecule has 5 nitrogen and oxygen atoms in total. The Hall–Kier alpha value is -0.810. The predicted octanol–water partition coefficient (Wildman–Crippen LogP) is 0.435. The van der Waals surface area contributed by atoms with Gasteiger partial charge in [0.05, 0.1) is 12.7 Å². The molecule has 1 fully saturated rings. The normalized spacial score (nSPS) is 22.9. The molecule has 16 heavy (non-hydrogen) atoms. The zero-order valence-electron chi connectivity index (χ0n) is 10.1. The molecule has 1 aliphatic rings. The molecule has 0 saturated carbocycles. The second kappa shape index (κ2) is 6.70. The van der Waals surface area contributed by atoms with Crippen molar-refractivity contribution in [3.8, 4) is 0 Å². The maximum Gasteiger partial charge on any atom is 0.317 e. The molecule has 0 radical (unpaired) electrons. The van der Waals surface area contributed by atoms with E-state index >= 15 is 0 Å². The van der Waals surface area contributed by atoms with Crippen LogP contribution in [-0.2, 0) is 4.74 Å². The van der Waals surface area contributed by atoms with E-state index in [1.807, 2.05) is 4.90 Å². The highest BCUT2D eigenvalue weighted by Crippen LogP contribution is 2.15. The Morgan fingerprint density at radius 1 is 1.69 bits per heavy atom. The number of aliphatic hydroxyl groups is 1. The number of hydrogen-bond acceptors (Lipinski definition) is 3. The van der Waals surface area contributed by atoms with E-state index in [0.717, 1.165) is 19.5 Å². The molecule has 2 amide bonds. The first-order valence-corrected chi connectivity index (χ1v) is 5.83. The van der Waals surface area contributed by atoms with E-state index in [1.165, 1.54) is 13.5 Å². The van der Waals surface area contributed by atoms with E-state index in [-0.39, 0.29) is 19.2 Å². The van der Waals surface area contributed by atoms with Crippen molar-refractivity contribution in [2.75, 3.05) is 33.4 Å². The van der Waals surface area contributed by atoms with Crippen molar-refractivity contribution >= 4 is 6.03 Å². The van der Waals surface area contributed by atoms with Crippen molar-refractivity contribution in [3.05, 3.63) is 0 Å². The van der Waals surface area contributed by atoms with Gasteiger partial charge < -0.3 is 20.1 Å². The lowest BCUT2D eigenvalue weighted by Gasteiger charge is -2.31. The summed E-state index contributed by atoms with van der Waals surface area (Å²) in [4.78, 5) is 13.5. The summed E-state index contributed by atoms with van der Waals surface area (Å²) in [6.07, 6.45) is 1.63. The summed E-state index contributed by atoms with van der Waals surface area (Å²) >= 11 is 0. The molecular weight excluding hydrogens is 208 g/mol. The molecule has 2 N–H and O–H groups in total. The number of urea groups is 1. The summed E-state index contributed by atoms with van der Waals surface area (Å²) in [6, 6.07) is -0.0818. The van der Waals surface area contributed by atoms with Gasteiger partial charge >= 0.3 is 6.03 Å². The zero-order valence-corrected chi connectivity index (χ0v) is 10.1. The molecule has 2 unspecified atom stereocenters. The highest BCUT2D eigenvalue weighted by molar-refractivity contribution is 5.74. The number of nitrogens with zero attached hydrogens (tertiary/aromatic N) is 1. The van der Waals surface area contributed by atoms with Gasteiger partial charge in [-0.25, -0.2) is 4.79 Å². The van der Waals surface area contributed by atoms with Crippen molar-refractivity contribution < 1.29 is 14.6 Å². The minimum Gasteiger partial charge on any atom is -0.389 e. The van der Waals surface area contributed by atoms with Crippen LogP contribution >= 0.6 is 0 Å². The minimum absolute atomic E-state index is 0.0818. The summed E-state index contributed by atoms with van der Waals surface area (Å²) in [6.45, 7) is 4.27. The predicted molar refractivity (Wildman–Crippen MR) is 61.3 cm³/mol. The van der Waals surface area contributed by atoms with Crippen molar-refractivity contribution in [1.29, 1.82) is 0 Å². The fraction of sp³-hybridized carbons (Fsp3) is 0.909. The van der Waals surface area contributed by atoms with E-state index in [2.05, 4.69) is 12.2 Å². The Morgan fingerprint density at radius 2 is 2.44 bits per heavy atom. The van der Waals surface area contributed by atoms with Gasteiger partial charge in [-0.3, -0.25) is 0 Å². The van der Waals surface area contributed by atoms with E-state index in [9.17, 15) is 9.90 Å². The molecule has 1 heterocycles.